The zero-order chi connectivity index (χ0) is 15.8. The van der Waals surface area contributed by atoms with Crippen LogP contribution in [-0.2, 0) is 4.79 Å². The number of thiophene rings is 2. The van der Waals surface area contributed by atoms with Gasteiger partial charge in [0.1, 0.15) is 0 Å². The molecule has 0 aliphatic carbocycles. The second-order valence-corrected chi connectivity index (χ2v) is 8.06. The van der Waals surface area contributed by atoms with E-state index in [0.717, 1.165) is 24.3 Å². The van der Waals surface area contributed by atoms with Gasteiger partial charge in [-0.2, -0.15) is 0 Å². The Morgan fingerprint density at radius 3 is 2.61 bits per heavy atom. The third-order valence-corrected chi connectivity index (χ3v) is 6.67. The Labute approximate surface area is 142 Å². The number of carbonyl (C=O) groups is 2. The highest BCUT2D eigenvalue weighted by Gasteiger charge is 2.30. The first-order chi connectivity index (χ1) is 11.2. The number of nitrogens with one attached hydrogen (secondary N) is 1. The van der Waals surface area contributed by atoms with E-state index in [0.29, 0.717) is 26.2 Å². The van der Waals surface area contributed by atoms with E-state index in [1.54, 1.807) is 22.7 Å². The SMILES string of the molecule is O=C(c1cc2sccc2s1)N1CCN(C(=O)C2CCCN2)CC1. The molecule has 0 aromatic carbocycles. The first-order valence-corrected chi connectivity index (χ1v) is 9.70. The van der Waals surface area contributed by atoms with Gasteiger partial charge in [-0.15, -0.1) is 22.7 Å². The molecule has 0 spiro atoms. The van der Waals surface area contributed by atoms with E-state index < -0.39 is 0 Å². The van der Waals surface area contributed by atoms with E-state index in [9.17, 15) is 9.59 Å². The molecule has 0 saturated carbocycles. The fourth-order valence-electron chi connectivity index (χ4n) is 3.27. The minimum Gasteiger partial charge on any atom is -0.338 e. The number of carbonyl (C=O) groups excluding carboxylic acids is 2. The van der Waals surface area contributed by atoms with E-state index in [1.165, 1.54) is 9.40 Å². The summed E-state index contributed by atoms with van der Waals surface area (Å²) in [5, 5.41) is 5.31. The smallest absolute Gasteiger partial charge is 0.264 e. The molecule has 7 heteroatoms. The van der Waals surface area contributed by atoms with Gasteiger partial charge >= 0.3 is 0 Å². The Morgan fingerprint density at radius 2 is 1.91 bits per heavy atom. The standard InChI is InChI=1S/C16H19N3O2S2/c20-15(11-2-1-4-17-11)18-5-7-19(8-6-18)16(21)14-10-13-12(23-14)3-9-22-13/h3,9-11,17H,1-2,4-8H2. The molecule has 2 aromatic rings. The summed E-state index contributed by atoms with van der Waals surface area (Å²) in [6, 6.07) is 4.04. The van der Waals surface area contributed by atoms with E-state index in [2.05, 4.69) is 16.8 Å². The van der Waals surface area contributed by atoms with Gasteiger partial charge in [-0.3, -0.25) is 9.59 Å². The summed E-state index contributed by atoms with van der Waals surface area (Å²) in [5.74, 6) is 0.302. The summed E-state index contributed by atoms with van der Waals surface area (Å²) >= 11 is 3.23. The maximum atomic E-state index is 12.6. The number of fused-ring (bicyclic) bond motifs is 1. The van der Waals surface area contributed by atoms with Crippen molar-refractivity contribution in [3.05, 3.63) is 22.4 Å². The molecule has 1 atom stereocenters. The van der Waals surface area contributed by atoms with Gasteiger partial charge in [0.2, 0.25) is 5.91 Å². The minimum absolute atomic E-state index is 0.0127. The predicted molar refractivity (Wildman–Crippen MR) is 93.2 cm³/mol. The van der Waals surface area contributed by atoms with Gasteiger partial charge in [0, 0.05) is 35.6 Å². The van der Waals surface area contributed by atoms with Crippen LogP contribution >= 0.6 is 22.7 Å². The first kappa shape index (κ1) is 15.1. The van der Waals surface area contributed by atoms with Crippen molar-refractivity contribution in [3.63, 3.8) is 0 Å². The molecule has 23 heavy (non-hydrogen) atoms. The molecule has 2 aromatic heterocycles. The Morgan fingerprint density at radius 1 is 1.13 bits per heavy atom. The monoisotopic (exact) mass is 349 g/mol. The van der Waals surface area contributed by atoms with Gasteiger partial charge in [-0.25, -0.2) is 0 Å². The van der Waals surface area contributed by atoms with Crippen LogP contribution < -0.4 is 5.32 Å². The highest BCUT2D eigenvalue weighted by Crippen LogP contribution is 2.30. The molecule has 4 heterocycles. The Balaban J connectivity index is 1.38. The number of amides is 2. The number of piperazine rings is 1. The van der Waals surface area contributed by atoms with Crippen LogP contribution in [0.5, 0.6) is 0 Å². The summed E-state index contributed by atoms with van der Waals surface area (Å²) < 4.78 is 2.36. The number of hydrogen-bond acceptors (Lipinski definition) is 5. The third-order valence-electron chi connectivity index (χ3n) is 4.59. The number of rotatable bonds is 2. The topological polar surface area (TPSA) is 52.7 Å². The summed E-state index contributed by atoms with van der Waals surface area (Å²) in [4.78, 5) is 29.6. The summed E-state index contributed by atoms with van der Waals surface area (Å²) in [7, 11) is 0. The molecule has 5 nitrogen and oxygen atoms in total. The van der Waals surface area contributed by atoms with Crippen molar-refractivity contribution in [1.29, 1.82) is 0 Å². The van der Waals surface area contributed by atoms with Crippen LogP contribution in [0.4, 0.5) is 0 Å². The molecule has 4 rings (SSSR count). The van der Waals surface area contributed by atoms with Gasteiger partial charge < -0.3 is 15.1 Å². The van der Waals surface area contributed by atoms with Gasteiger partial charge in [0.25, 0.3) is 5.91 Å². The van der Waals surface area contributed by atoms with Crippen LogP contribution in [0.25, 0.3) is 9.40 Å². The lowest BCUT2D eigenvalue weighted by Gasteiger charge is -2.35. The number of nitrogens with zero attached hydrogens (tertiary/aromatic N) is 2. The molecule has 1 unspecified atom stereocenters. The highest BCUT2D eigenvalue weighted by atomic mass is 32.1. The summed E-state index contributed by atoms with van der Waals surface area (Å²) in [6.07, 6.45) is 2.01. The zero-order valence-corrected chi connectivity index (χ0v) is 14.4. The minimum atomic E-state index is -0.0127. The summed E-state index contributed by atoms with van der Waals surface area (Å²) in [6.45, 7) is 3.47. The van der Waals surface area contributed by atoms with Crippen LogP contribution in [0.3, 0.4) is 0 Å². The van der Waals surface area contributed by atoms with Crippen LogP contribution in [-0.4, -0.2) is 60.4 Å². The molecular weight excluding hydrogens is 330 g/mol. The van der Waals surface area contributed by atoms with Crippen LogP contribution in [0, 0.1) is 0 Å². The molecule has 2 aliphatic heterocycles. The predicted octanol–water partition coefficient (Wildman–Crippen LogP) is 2.00. The van der Waals surface area contributed by atoms with Crippen molar-refractivity contribution in [2.24, 2.45) is 0 Å². The van der Waals surface area contributed by atoms with Gasteiger partial charge in [-0.1, -0.05) is 0 Å². The Hall–Kier alpha value is -1.44. The first-order valence-electron chi connectivity index (χ1n) is 8.01. The van der Waals surface area contributed by atoms with E-state index in [4.69, 9.17) is 0 Å². The van der Waals surface area contributed by atoms with Gasteiger partial charge in [0.05, 0.1) is 10.9 Å². The average Bonchev–Trinajstić information content (AvgIpc) is 3.29. The molecule has 2 saturated heterocycles. The van der Waals surface area contributed by atoms with Crippen molar-refractivity contribution < 1.29 is 9.59 Å². The second kappa shape index (κ2) is 6.22. The molecule has 122 valence electrons. The molecule has 0 bridgehead atoms. The molecule has 2 aliphatic rings. The van der Waals surface area contributed by atoms with Crippen molar-refractivity contribution in [2.75, 3.05) is 32.7 Å². The second-order valence-electron chi connectivity index (χ2n) is 6.03. The molecule has 1 N–H and O–H groups in total. The van der Waals surface area contributed by atoms with Crippen molar-refractivity contribution in [3.8, 4) is 0 Å². The van der Waals surface area contributed by atoms with Crippen LogP contribution in [0.15, 0.2) is 17.5 Å². The maximum absolute atomic E-state index is 12.6. The average molecular weight is 349 g/mol. The Kier molecular flexibility index (Phi) is 4.09. The lowest BCUT2D eigenvalue weighted by atomic mass is 10.2. The van der Waals surface area contributed by atoms with E-state index in [-0.39, 0.29) is 17.9 Å². The quantitative estimate of drug-likeness (QED) is 0.902. The molecule has 2 amide bonds. The Bertz CT molecular complexity index is 696. The lowest BCUT2D eigenvalue weighted by molar-refractivity contribution is -0.134. The lowest BCUT2D eigenvalue weighted by Crippen LogP contribution is -2.54. The van der Waals surface area contributed by atoms with Crippen LogP contribution in [0.2, 0.25) is 0 Å². The van der Waals surface area contributed by atoms with Crippen molar-refractivity contribution >= 4 is 43.9 Å². The van der Waals surface area contributed by atoms with Crippen molar-refractivity contribution in [2.45, 2.75) is 18.9 Å². The van der Waals surface area contributed by atoms with Gasteiger partial charge in [-0.05, 0) is 36.9 Å². The third kappa shape index (κ3) is 2.88. The van der Waals surface area contributed by atoms with Crippen LogP contribution in [0.1, 0.15) is 22.5 Å². The molecule has 2 fully saturated rings. The van der Waals surface area contributed by atoms with Gasteiger partial charge in [0.15, 0.2) is 0 Å². The fourth-order valence-corrected chi connectivity index (χ4v) is 5.35. The maximum Gasteiger partial charge on any atom is 0.264 e. The largest absolute Gasteiger partial charge is 0.338 e. The van der Waals surface area contributed by atoms with Crippen molar-refractivity contribution in [1.82, 2.24) is 15.1 Å². The highest BCUT2D eigenvalue weighted by molar-refractivity contribution is 7.27. The van der Waals surface area contributed by atoms with E-state index >= 15 is 0 Å². The number of hydrogen-bond donors (Lipinski definition) is 1. The van der Waals surface area contributed by atoms with E-state index in [1.807, 2.05) is 15.9 Å². The summed E-state index contributed by atoms with van der Waals surface area (Å²) in [5.41, 5.74) is 0. The normalized spacial score (nSPS) is 22.0. The molecular formula is C16H19N3O2S2. The molecule has 0 radical (unpaired) electrons. The zero-order valence-electron chi connectivity index (χ0n) is 12.8. The fraction of sp³-hybridized carbons (Fsp3) is 0.500.